The monoisotopic (exact) mass is 480 g/mol. The summed E-state index contributed by atoms with van der Waals surface area (Å²) in [5.74, 6) is -0.408. The SMILES string of the molecule is CCC(C)N(Cc1cc(Cl)ccc1OS(=O)(=O)c1ccc(NC(C)=O)cc1)C(=O)C(C)C. The number of nitrogens with zero attached hydrogens (tertiary/aromatic N) is 1. The first-order chi connectivity index (χ1) is 14.9. The van der Waals surface area contributed by atoms with Crippen LogP contribution in [0.2, 0.25) is 5.02 Å². The highest BCUT2D eigenvalue weighted by Crippen LogP contribution is 2.29. The normalized spacial score (nSPS) is 12.3. The summed E-state index contributed by atoms with van der Waals surface area (Å²) in [6, 6.07) is 10.2. The number of hydrogen-bond acceptors (Lipinski definition) is 5. The predicted molar refractivity (Wildman–Crippen MR) is 125 cm³/mol. The van der Waals surface area contributed by atoms with Crippen molar-refractivity contribution in [2.24, 2.45) is 5.92 Å². The van der Waals surface area contributed by atoms with Crippen LogP contribution in [0.25, 0.3) is 0 Å². The summed E-state index contributed by atoms with van der Waals surface area (Å²) in [6.07, 6.45) is 0.744. The Kier molecular flexibility index (Phi) is 8.69. The topological polar surface area (TPSA) is 92.8 Å². The average molecular weight is 481 g/mol. The van der Waals surface area contributed by atoms with E-state index in [-0.39, 0.29) is 41.0 Å². The fraction of sp³-hybridized carbons (Fsp3) is 0.391. The van der Waals surface area contributed by atoms with E-state index in [9.17, 15) is 18.0 Å². The molecule has 0 aliphatic rings. The Morgan fingerprint density at radius 3 is 2.25 bits per heavy atom. The minimum Gasteiger partial charge on any atom is -0.379 e. The molecule has 32 heavy (non-hydrogen) atoms. The second-order valence-corrected chi connectivity index (χ2v) is 9.86. The number of amides is 2. The lowest BCUT2D eigenvalue weighted by atomic mass is 10.1. The lowest BCUT2D eigenvalue weighted by Crippen LogP contribution is -2.40. The third-order valence-electron chi connectivity index (χ3n) is 4.93. The first kappa shape index (κ1) is 25.7. The molecule has 2 aromatic carbocycles. The number of nitrogens with one attached hydrogen (secondary N) is 1. The van der Waals surface area contributed by atoms with Gasteiger partial charge in [-0.25, -0.2) is 0 Å². The van der Waals surface area contributed by atoms with Gasteiger partial charge >= 0.3 is 10.1 Å². The molecule has 0 saturated heterocycles. The van der Waals surface area contributed by atoms with Crippen molar-refractivity contribution in [3.8, 4) is 5.75 Å². The Morgan fingerprint density at radius 2 is 1.72 bits per heavy atom. The zero-order chi connectivity index (χ0) is 24.1. The molecule has 2 rings (SSSR count). The van der Waals surface area contributed by atoms with E-state index in [0.717, 1.165) is 6.42 Å². The number of rotatable bonds is 9. The third kappa shape index (κ3) is 6.71. The van der Waals surface area contributed by atoms with E-state index in [2.05, 4.69) is 5.32 Å². The van der Waals surface area contributed by atoms with Crippen molar-refractivity contribution in [3.63, 3.8) is 0 Å². The largest absolute Gasteiger partial charge is 0.379 e. The van der Waals surface area contributed by atoms with E-state index in [1.54, 1.807) is 11.0 Å². The Hall–Kier alpha value is -2.58. The summed E-state index contributed by atoms with van der Waals surface area (Å²) in [5.41, 5.74) is 0.963. The molecule has 0 aliphatic carbocycles. The summed E-state index contributed by atoms with van der Waals surface area (Å²) in [6.45, 7) is 9.10. The minimum atomic E-state index is -4.15. The average Bonchev–Trinajstić information content (AvgIpc) is 2.72. The number of hydrogen-bond donors (Lipinski definition) is 1. The number of halogens is 1. The maximum Gasteiger partial charge on any atom is 0.339 e. The highest BCUT2D eigenvalue weighted by Gasteiger charge is 2.25. The number of benzene rings is 2. The molecule has 0 aliphatic heterocycles. The molecular formula is C23H29ClN2O5S. The third-order valence-corrected chi connectivity index (χ3v) is 6.41. The van der Waals surface area contributed by atoms with Crippen LogP contribution in [-0.2, 0) is 26.3 Å². The Bertz CT molecular complexity index is 1070. The maximum atomic E-state index is 12.9. The highest BCUT2D eigenvalue weighted by molar-refractivity contribution is 7.87. The second kappa shape index (κ2) is 10.8. The van der Waals surface area contributed by atoms with Crippen LogP contribution in [0.15, 0.2) is 47.4 Å². The zero-order valence-corrected chi connectivity index (χ0v) is 20.5. The minimum absolute atomic E-state index is 0.0401. The zero-order valence-electron chi connectivity index (χ0n) is 18.9. The van der Waals surface area contributed by atoms with Crippen LogP contribution < -0.4 is 9.50 Å². The molecule has 0 bridgehead atoms. The highest BCUT2D eigenvalue weighted by atomic mass is 35.5. The van der Waals surface area contributed by atoms with Crippen LogP contribution in [0.3, 0.4) is 0 Å². The van der Waals surface area contributed by atoms with Crippen molar-refractivity contribution in [2.75, 3.05) is 5.32 Å². The van der Waals surface area contributed by atoms with Gasteiger partial charge < -0.3 is 14.4 Å². The van der Waals surface area contributed by atoms with Crippen molar-refractivity contribution >= 4 is 39.2 Å². The van der Waals surface area contributed by atoms with Crippen LogP contribution in [-0.4, -0.2) is 31.2 Å². The van der Waals surface area contributed by atoms with E-state index < -0.39 is 10.1 Å². The van der Waals surface area contributed by atoms with Gasteiger partial charge in [-0.05, 0) is 55.8 Å². The van der Waals surface area contributed by atoms with Crippen LogP contribution in [0, 0.1) is 5.92 Å². The number of anilines is 1. The molecule has 0 fully saturated rings. The van der Waals surface area contributed by atoms with Crippen LogP contribution in [0.5, 0.6) is 5.75 Å². The molecule has 1 atom stereocenters. The van der Waals surface area contributed by atoms with Gasteiger partial charge in [0.15, 0.2) is 0 Å². The van der Waals surface area contributed by atoms with Gasteiger partial charge in [0.25, 0.3) is 0 Å². The molecule has 0 spiro atoms. The molecule has 9 heteroatoms. The summed E-state index contributed by atoms with van der Waals surface area (Å²) in [5, 5.41) is 2.99. The number of carbonyl (C=O) groups excluding carboxylic acids is 2. The lowest BCUT2D eigenvalue weighted by Gasteiger charge is -2.31. The smallest absolute Gasteiger partial charge is 0.339 e. The van der Waals surface area contributed by atoms with Crippen molar-refractivity contribution in [2.45, 2.75) is 58.5 Å². The van der Waals surface area contributed by atoms with Crippen LogP contribution >= 0.6 is 11.6 Å². The summed E-state index contributed by atoms with van der Waals surface area (Å²) in [4.78, 5) is 25.6. The van der Waals surface area contributed by atoms with Crippen molar-refractivity contribution in [1.82, 2.24) is 4.90 Å². The molecule has 0 aromatic heterocycles. The summed E-state index contributed by atoms with van der Waals surface area (Å²) >= 11 is 6.16. The molecular weight excluding hydrogens is 452 g/mol. The lowest BCUT2D eigenvalue weighted by molar-refractivity contribution is -0.137. The summed E-state index contributed by atoms with van der Waals surface area (Å²) in [7, 11) is -4.15. The summed E-state index contributed by atoms with van der Waals surface area (Å²) < 4.78 is 31.2. The Balaban J connectivity index is 2.36. The molecule has 1 N–H and O–H groups in total. The van der Waals surface area contributed by atoms with E-state index in [1.807, 2.05) is 27.7 Å². The fourth-order valence-electron chi connectivity index (χ4n) is 3.01. The van der Waals surface area contributed by atoms with Gasteiger partial charge in [0.2, 0.25) is 11.8 Å². The van der Waals surface area contributed by atoms with Crippen molar-refractivity contribution in [3.05, 3.63) is 53.1 Å². The predicted octanol–water partition coefficient (Wildman–Crippen LogP) is 4.85. The first-order valence-corrected chi connectivity index (χ1v) is 12.1. The molecule has 0 saturated carbocycles. The molecule has 2 amide bonds. The van der Waals surface area contributed by atoms with Crippen molar-refractivity contribution < 1.29 is 22.2 Å². The fourth-order valence-corrected chi connectivity index (χ4v) is 4.17. The standard InChI is InChI=1S/C23H29ClN2O5S/c1-6-16(4)26(23(28)15(2)3)14-18-13-19(24)7-12-22(18)31-32(29,30)21-10-8-20(9-11-21)25-17(5)27/h7-13,15-16H,6,14H2,1-5H3,(H,25,27). The molecule has 1 unspecified atom stereocenters. The van der Waals surface area contributed by atoms with Gasteiger partial charge in [0, 0.05) is 41.7 Å². The van der Waals surface area contributed by atoms with Gasteiger partial charge in [-0.1, -0.05) is 32.4 Å². The van der Waals surface area contributed by atoms with Gasteiger partial charge in [0.1, 0.15) is 10.6 Å². The number of carbonyl (C=O) groups is 2. The van der Waals surface area contributed by atoms with Gasteiger partial charge in [-0.3, -0.25) is 9.59 Å². The molecule has 174 valence electrons. The van der Waals surface area contributed by atoms with E-state index >= 15 is 0 Å². The maximum absolute atomic E-state index is 12.9. The van der Waals surface area contributed by atoms with Gasteiger partial charge in [0.05, 0.1) is 0 Å². The van der Waals surface area contributed by atoms with Crippen molar-refractivity contribution in [1.29, 1.82) is 0 Å². The van der Waals surface area contributed by atoms with E-state index in [4.69, 9.17) is 15.8 Å². The van der Waals surface area contributed by atoms with Crippen LogP contribution in [0.4, 0.5) is 5.69 Å². The molecule has 2 aromatic rings. The molecule has 0 radical (unpaired) electrons. The van der Waals surface area contributed by atoms with E-state index in [1.165, 1.54) is 43.3 Å². The van der Waals surface area contributed by atoms with Gasteiger partial charge in [-0.15, -0.1) is 0 Å². The molecule has 0 heterocycles. The molecule has 7 nitrogen and oxygen atoms in total. The van der Waals surface area contributed by atoms with Crippen LogP contribution in [0.1, 0.15) is 46.6 Å². The second-order valence-electron chi connectivity index (χ2n) is 7.87. The first-order valence-electron chi connectivity index (χ1n) is 10.4. The Morgan fingerprint density at radius 1 is 1.09 bits per heavy atom. The van der Waals surface area contributed by atoms with Gasteiger partial charge in [-0.2, -0.15) is 8.42 Å². The quantitative estimate of drug-likeness (QED) is 0.518. The van der Waals surface area contributed by atoms with E-state index in [0.29, 0.717) is 16.3 Å². The Labute approximate surface area is 194 Å².